The van der Waals surface area contributed by atoms with Crippen molar-refractivity contribution in [2.75, 3.05) is 19.6 Å². The van der Waals surface area contributed by atoms with Crippen LogP contribution in [-0.2, 0) is 6.54 Å². The van der Waals surface area contributed by atoms with E-state index in [1.54, 1.807) is 6.07 Å². The SMILES string of the molecule is CCN(Cc1ccccc1)C1CCN(C(=O)c2ccccc2Cl)CC1. The van der Waals surface area contributed by atoms with E-state index in [9.17, 15) is 4.79 Å². The lowest BCUT2D eigenvalue weighted by atomic mass is 10.0. The van der Waals surface area contributed by atoms with Crippen molar-refractivity contribution in [1.29, 1.82) is 0 Å². The molecule has 2 aromatic carbocycles. The molecule has 4 heteroatoms. The maximum absolute atomic E-state index is 12.7. The van der Waals surface area contributed by atoms with E-state index in [0.29, 0.717) is 16.6 Å². The van der Waals surface area contributed by atoms with Crippen molar-refractivity contribution in [2.24, 2.45) is 0 Å². The quantitative estimate of drug-likeness (QED) is 0.789. The molecular weight excluding hydrogens is 332 g/mol. The Kier molecular flexibility index (Phi) is 6.11. The standard InChI is InChI=1S/C21H25ClN2O/c1-2-23(16-17-8-4-3-5-9-17)18-12-14-24(15-13-18)21(25)19-10-6-7-11-20(19)22/h3-11,18H,2,12-16H2,1H3. The molecule has 0 radical (unpaired) electrons. The van der Waals surface area contributed by atoms with E-state index < -0.39 is 0 Å². The summed E-state index contributed by atoms with van der Waals surface area (Å²) in [6, 6.07) is 18.4. The molecule has 1 aliphatic heterocycles. The third-order valence-corrected chi connectivity index (χ3v) is 5.34. The van der Waals surface area contributed by atoms with Crippen LogP contribution in [0.25, 0.3) is 0 Å². The Labute approximate surface area is 155 Å². The fourth-order valence-corrected chi connectivity index (χ4v) is 3.77. The molecule has 0 N–H and O–H groups in total. The van der Waals surface area contributed by atoms with Crippen LogP contribution in [0.15, 0.2) is 54.6 Å². The van der Waals surface area contributed by atoms with Crippen LogP contribution >= 0.6 is 11.6 Å². The molecule has 2 aromatic rings. The second-order valence-electron chi connectivity index (χ2n) is 6.55. The molecule has 0 unspecified atom stereocenters. The summed E-state index contributed by atoms with van der Waals surface area (Å²) in [5.41, 5.74) is 1.96. The number of rotatable bonds is 5. The van der Waals surface area contributed by atoms with Crippen LogP contribution in [0.1, 0.15) is 35.7 Å². The number of likely N-dealkylation sites (tertiary alicyclic amines) is 1. The number of carbonyl (C=O) groups excluding carboxylic acids is 1. The Morgan fingerprint density at radius 3 is 2.36 bits per heavy atom. The largest absolute Gasteiger partial charge is 0.338 e. The van der Waals surface area contributed by atoms with Gasteiger partial charge in [0.05, 0.1) is 10.6 Å². The Morgan fingerprint density at radius 1 is 1.08 bits per heavy atom. The Balaban J connectivity index is 1.59. The average Bonchev–Trinajstić information content (AvgIpc) is 2.67. The van der Waals surface area contributed by atoms with Gasteiger partial charge in [0.2, 0.25) is 0 Å². The zero-order valence-corrected chi connectivity index (χ0v) is 15.5. The van der Waals surface area contributed by atoms with E-state index in [2.05, 4.69) is 42.2 Å². The second kappa shape index (κ2) is 8.50. The first-order valence-corrected chi connectivity index (χ1v) is 9.38. The third-order valence-electron chi connectivity index (χ3n) is 5.01. The molecule has 132 valence electrons. The number of benzene rings is 2. The van der Waals surface area contributed by atoms with Crippen LogP contribution in [0.5, 0.6) is 0 Å². The van der Waals surface area contributed by atoms with Crippen molar-refractivity contribution in [1.82, 2.24) is 9.80 Å². The molecule has 1 heterocycles. The highest BCUT2D eigenvalue weighted by molar-refractivity contribution is 6.33. The van der Waals surface area contributed by atoms with Crippen molar-refractivity contribution >= 4 is 17.5 Å². The molecule has 1 saturated heterocycles. The topological polar surface area (TPSA) is 23.6 Å². The average molecular weight is 357 g/mol. The minimum atomic E-state index is 0.0511. The molecule has 0 aliphatic carbocycles. The van der Waals surface area contributed by atoms with Gasteiger partial charge < -0.3 is 4.90 Å². The fourth-order valence-electron chi connectivity index (χ4n) is 3.56. The van der Waals surface area contributed by atoms with Crippen LogP contribution in [0.2, 0.25) is 5.02 Å². The van der Waals surface area contributed by atoms with E-state index in [1.165, 1.54) is 5.56 Å². The number of carbonyl (C=O) groups is 1. The number of amides is 1. The molecule has 3 rings (SSSR count). The maximum atomic E-state index is 12.7. The lowest BCUT2D eigenvalue weighted by molar-refractivity contribution is 0.0615. The molecule has 1 amide bonds. The molecule has 0 spiro atoms. The van der Waals surface area contributed by atoms with Gasteiger partial charge in [0, 0.05) is 25.7 Å². The van der Waals surface area contributed by atoms with Crippen molar-refractivity contribution in [3.8, 4) is 0 Å². The normalized spacial score (nSPS) is 15.6. The van der Waals surface area contributed by atoms with Gasteiger partial charge in [-0.2, -0.15) is 0 Å². The van der Waals surface area contributed by atoms with E-state index in [1.807, 2.05) is 23.1 Å². The highest BCUT2D eigenvalue weighted by Gasteiger charge is 2.27. The zero-order chi connectivity index (χ0) is 17.6. The first-order valence-electron chi connectivity index (χ1n) is 9.01. The molecule has 0 aromatic heterocycles. The molecule has 1 fully saturated rings. The molecule has 3 nitrogen and oxygen atoms in total. The molecule has 0 atom stereocenters. The molecule has 0 bridgehead atoms. The van der Waals surface area contributed by atoms with Gasteiger partial charge >= 0.3 is 0 Å². The van der Waals surface area contributed by atoms with Crippen molar-refractivity contribution in [2.45, 2.75) is 32.4 Å². The van der Waals surface area contributed by atoms with Crippen LogP contribution in [0.4, 0.5) is 0 Å². The Hall–Kier alpha value is -1.84. The summed E-state index contributed by atoms with van der Waals surface area (Å²) < 4.78 is 0. The lowest BCUT2D eigenvalue weighted by Crippen LogP contribution is -2.46. The van der Waals surface area contributed by atoms with Gasteiger partial charge in [-0.15, -0.1) is 0 Å². The highest BCUT2D eigenvalue weighted by atomic mass is 35.5. The van der Waals surface area contributed by atoms with Gasteiger partial charge in [-0.05, 0) is 37.1 Å². The Morgan fingerprint density at radius 2 is 1.72 bits per heavy atom. The third kappa shape index (κ3) is 4.42. The van der Waals surface area contributed by atoms with Crippen LogP contribution < -0.4 is 0 Å². The van der Waals surface area contributed by atoms with Crippen LogP contribution in [0, 0.1) is 0 Å². The first kappa shape index (κ1) is 18.0. The van der Waals surface area contributed by atoms with Gasteiger partial charge in [0.15, 0.2) is 0 Å². The summed E-state index contributed by atoms with van der Waals surface area (Å²) in [7, 11) is 0. The van der Waals surface area contributed by atoms with Crippen molar-refractivity contribution in [3.63, 3.8) is 0 Å². The molecule has 1 aliphatic rings. The summed E-state index contributed by atoms with van der Waals surface area (Å²) in [5, 5.41) is 0.536. The predicted octanol–water partition coefficient (Wildman–Crippen LogP) is 4.47. The van der Waals surface area contributed by atoms with E-state index >= 15 is 0 Å². The monoisotopic (exact) mass is 356 g/mol. The lowest BCUT2D eigenvalue weighted by Gasteiger charge is -2.38. The smallest absolute Gasteiger partial charge is 0.255 e. The minimum absolute atomic E-state index is 0.0511. The van der Waals surface area contributed by atoms with Crippen molar-refractivity contribution in [3.05, 3.63) is 70.7 Å². The summed E-state index contributed by atoms with van der Waals surface area (Å²) in [6.07, 6.45) is 2.02. The number of halogens is 1. The fraction of sp³-hybridized carbons (Fsp3) is 0.381. The van der Waals surface area contributed by atoms with Crippen LogP contribution in [0.3, 0.4) is 0 Å². The number of piperidine rings is 1. The van der Waals surface area contributed by atoms with E-state index in [-0.39, 0.29) is 5.91 Å². The number of hydrogen-bond acceptors (Lipinski definition) is 2. The van der Waals surface area contributed by atoms with Gasteiger partial charge in [-0.25, -0.2) is 0 Å². The van der Waals surface area contributed by atoms with Gasteiger partial charge in [0.25, 0.3) is 5.91 Å². The van der Waals surface area contributed by atoms with Crippen molar-refractivity contribution < 1.29 is 4.79 Å². The van der Waals surface area contributed by atoms with E-state index in [4.69, 9.17) is 11.6 Å². The first-order chi connectivity index (χ1) is 12.2. The predicted molar refractivity (Wildman–Crippen MR) is 103 cm³/mol. The highest BCUT2D eigenvalue weighted by Crippen LogP contribution is 2.23. The second-order valence-corrected chi connectivity index (χ2v) is 6.96. The van der Waals surface area contributed by atoms with Crippen LogP contribution in [-0.4, -0.2) is 41.4 Å². The van der Waals surface area contributed by atoms with Gasteiger partial charge in [-0.1, -0.05) is 61.0 Å². The summed E-state index contributed by atoms with van der Waals surface area (Å²) >= 11 is 6.17. The summed E-state index contributed by atoms with van der Waals surface area (Å²) in [5.74, 6) is 0.0511. The molecule has 25 heavy (non-hydrogen) atoms. The zero-order valence-electron chi connectivity index (χ0n) is 14.7. The number of hydrogen-bond donors (Lipinski definition) is 0. The number of nitrogens with zero attached hydrogens (tertiary/aromatic N) is 2. The molecule has 0 saturated carbocycles. The molecular formula is C21H25ClN2O. The summed E-state index contributed by atoms with van der Waals surface area (Å²) in [6.45, 7) is 5.79. The maximum Gasteiger partial charge on any atom is 0.255 e. The van der Waals surface area contributed by atoms with Gasteiger partial charge in [0.1, 0.15) is 0 Å². The Bertz CT molecular complexity index is 696. The minimum Gasteiger partial charge on any atom is -0.338 e. The van der Waals surface area contributed by atoms with E-state index in [0.717, 1.165) is 39.0 Å². The summed E-state index contributed by atoms with van der Waals surface area (Å²) in [4.78, 5) is 17.1. The van der Waals surface area contributed by atoms with Gasteiger partial charge in [-0.3, -0.25) is 9.69 Å².